The Kier molecular flexibility index (Phi) is 9.26. The molecule has 0 radical (unpaired) electrons. The Balaban J connectivity index is 0.000000426. The molecule has 38 heavy (non-hydrogen) atoms. The van der Waals surface area contributed by atoms with E-state index >= 15 is 0 Å². The summed E-state index contributed by atoms with van der Waals surface area (Å²) in [5.74, 6) is -1.02. The topological polar surface area (TPSA) is 126 Å². The Morgan fingerprint density at radius 1 is 1.26 bits per heavy atom. The van der Waals surface area contributed by atoms with Crippen LogP contribution in [0.25, 0.3) is 22.3 Å². The molecule has 14 heteroatoms. The first-order chi connectivity index (χ1) is 18.2. The smallest absolute Gasteiger partial charge is 0.475 e. The number of rotatable bonds is 6. The summed E-state index contributed by atoms with van der Waals surface area (Å²) in [7, 11) is 0. The summed E-state index contributed by atoms with van der Waals surface area (Å²) in [6, 6.07) is 6.04. The molecule has 2 fully saturated rings. The van der Waals surface area contributed by atoms with Crippen molar-refractivity contribution >= 4 is 28.5 Å². The van der Waals surface area contributed by atoms with Crippen LogP contribution in [0.2, 0.25) is 5.02 Å². The normalized spacial score (nSPS) is 19.3. The maximum absolute atomic E-state index is 10.6. The maximum atomic E-state index is 10.6. The third-order valence-electron chi connectivity index (χ3n) is 6.52. The Hall–Kier alpha value is -2.71. The van der Waals surface area contributed by atoms with Gasteiger partial charge in [0.15, 0.2) is 0 Å². The standard InChI is InChI=1S/C22H28ClN5O3.C2HF3O2/c23-19-3-1-2-17-18(12-28(21(17)19)10-15-4-8-30-9-5-15)22-25-20(31-26-22)13-27-7-6-24-16(11-27)14-29;3-2(4,5)1(6)7/h1-3,12,15-16,24,29H,4-11,13-14H2;(H,6,7)/t16-;/m0./s1. The number of hydrogen-bond donors (Lipinski definition) is 3. The number of nitrogens with zero attached hydrogens (tertiary/aromatic N) is 4. The molecule has 3 aromatic rings. The minimum absolute atomic E-state index is 0.0847. The molecule has 0 aliphatic carbocycles. The summed E-state index contributed by atoms with van der Waals surface area (Å²) >= 11 is 6.60. The van der Waals surface area contributed by atoms with Crippen LogP contribution in [0.1, 0.15) is 18.7 Å². The SMILES string of the molecule is O=C(O)C(F)(F)F.OC[C@@H]1CN(Cc2nc(-c3cn(CC4CCOCC4)c4c(Cl)cccc34)no2)CCN1. The number of fused-ring (bicyclic) bond motifs is 1. The second-order valence-corrected chi connectivity index (χ2v) is 9.68. The Bertz CT molecular complexity index is 1230. The maximum Gasteiger partial charge on any atom is 0.490 e. The van der Waals surface area contributed by atoms with E-state index in [4.69, 9.17) is 30.8 Å². The second kappa shape index (κ2) is 12.4. The number of nitrogens with one attached hydrogen (secondary N) is 1. The lowest BCUT2D eigenvalue weighted by Crippen LogP contribution is -2.51. The van der Waals surface area contributed by atoms with Crippen LogP contribution in [0.15, 0.2) is 28.9 Å². The van der Waals surface area contributed by atoms with E-state index in [2.05, 4.69) is 37.2 Å². The molecule has 208 valence electrons. The third kappa shape index (κ3) is 7.03. The molecular formula is C24H29ClF3N5O5. The van der Waals surface area contributed by atoms with Gasteiger partial charge in [0.05, 0.1) is 23.7 Å². The van der Waals surface area contributed by atoms with Gasteiger partial charge in [-0.25, -0.2) is 4.79 Å². The van der Waals surface area contributed by atoms with Crippen LogP contribution in [0.4, 0.5) is 13.2 Å². The van der Waals surface area contributed by atoms with Gasteiger partial charge in [-0.3, -0.25) is 4.90 Å². The molecule has 0 saturated carbocycles. The van der Waals surface area contributed by atoms with Gasteiger partial charge >= 0.3 is 12.1 Å². The molecule has 1 atom stereocenters. The van der Waals surface area contributed by atoms with Crippen LogP contribution in [-0.2, 0) is 22.6 Å². The van der Waals surface area contributed by atoms with Gasteiger partial charge in [0, 0.05) is 62.6 Å². The van der Waals surface area contributed by atoms with E-state index in [9.17, 15) is 18.3 Å². The summed E-state index contributed by atoms with van der Waals surface area (Å²) in [5, 5.41) is 25.9. The highest BCUT2D eigenvalue weighted by atomic mass is 35.5. The van der Waals surface area contributed by atoms with Gasteiger partial charge in [-0.05, 0) is 24.8 Å². The van der Waals surface area contributed by atoms with Gasteiger partial charge < -0.3 is 29.4 Å². The van der Waals surface area contributed by atoms with Crippen LogP contribution in [0, 0.1) is 5.92 Å². The quantitative estimate of drug-likeness (QED) is 0.417. The van der Waals surface area contributed by atoms with Crippen molar-refractivity contribution in [2.75, 3.05) is 39.5 Å². The number of aliphatic carboxylic acids is 1. The van der Waals surface area contributed by atoms with Gasteiger partial charge in [-0.1, -0.05) is 28.9 Å². The van der Waals surface area contributed by atoms with Crippen LogP contribution < -0.4 is 5.32 Å². The summed E-state index contributed by atoms with van der Waals surface area (Å²) in [6.45, 7) is 5.72. The van der Waals surface area contributed by atoms with Crippen molar-refractivity contribution in [3.63, 3.8) is 0 Å². The van der Waals surface area contributed by atoms with Crippen molar-refractivity contribution in [1.82, 2.24) is 24.9 Å². The summed E-state index contributed by atoms with van der Waals surface area (Å²) < 4.78 is 45.1. The molecule has 0 spiro atoms. The second-order valence-electron chi connectivity index (χ2n) is 9.27. The van der Waals surface area contributed by atoms with E-state index in [0.29, 0.717) is 24.2 Å². The molecule has 3 N–H and O–H groups in total. The number of aromatic nitrogens is 3. The lowest BCUT2D eigenvalue weighted by Gasteiger charge is -2.31. The Labute approximate surface area is 221 Å². The van der Waals surface area contributed by atoms with Gasteiger partial charge in [-0.2, -0.15) is 18.2 Å². The van der Waals surface area contributed by atoms with Gasteiger partial charge in [-0.15, -0.1) is 0 Å². The molecule has 10 nitrogen and oxygen atoms in total. The van der Waals surface area contributed by atoms with Gasteiger partial charge in [0.25, 0.3) is 0 Å². The predicted molar refractivity (Wildman–Crippen MR) is 132 cm³/mol. The highest BCUT2D eigenvalue weighted by molar-refractivity contribution is 6.35. The fourth-order valence-electron chi connectivity index (χ4n) is 4.62. The highest BCUT2D eigenvalue weighted by Crippen LogP contribution is 2.34. The zero-order chi connectivity index (χ0) is 27.3. The molecular weight excluding hydrogens is 531 g/mol. The molecule has 0 amide bonds. The monoisotopic (exact) mass is 559 g/mol. The molecule has 2 saturated heterocycles. The lowest BCUT2D eigenvalue weighted by atomic mass is 10.0. The number of halogens is 4. The van der Waals surface area contributed by atoms with E-state index in [0.717, 1.165) is 73.7 Å². The predicted octanol–water partition coefficient (Wildman–Crippen LogP) is 3.17. The zero-order valence-electron chi connectivity index (χ0n) is 20.5. The van der Waals surface area contributed by atoms with Crippen LogP contribution in [0.3, 0.4) is 0 Å². The molecule has 4 heterocycles. The van der Waals surface area contributed by atoms with Crippen LogP contribution >= 0.6 is 11.6 Å². The van der Waals surface area contributed by atoms with Crippen LogP contribution in [-0.4, -0.2) is 87.5 Å². The molecule has 0 unspecified atom stereocenters. The van der Waals surface area contributed by atoms with E-state index < -0.39 is 12.1 Å². The number of para-hydroxylation sites is 1. The average molecular weight is 560 g/mol. The fraction of sp³-hybridized carbons (Fsp3) is 0.542. The van der Waals surface area contributed by atoms with Crippen LogP contribution in [0.5, 0.6) is 0 Å². The first-order valence-electron chi connectivity index (χ1n) is 12.2. The van der Waals surface area contributed by atoms with Crippen molar-refractivity contribution in [3.8, 4) is 11.4 Å². The molecule has 0 bridgehead atoms. The van der Waals surface area contributed by atoms with E-state index in [1.165, 1.54) is 0 Å². The van der Waals surface area contributed by atoms with Crippen molar-refractivity contribution in [2.45, 2.75) is 38.1 Å². The number of piperazine rings is 1. The summed E-state index contributed by atoms with van der Waals surface area (Å²) in [5.41, 5.74) is 1.96. The number of carboxylic acid groups (broad SMARTS) is 1. The summed E-state index contributed by atoms with van der Waals surface area (Å²) in [6.07, 6.45) is -0.857. The van der Waals surface area contributed by atoms with Crippen molar-refractivity contribution in [1.29, 1.82) is 0 Å². The Morgan fingerprint density at radius 2 is 2.00 bits per heavy atom. The lowest BCUT2D eigenvalue weighted by molar-refractivity contribution is -0.192. The van der Waals surface area contributed by atoms with Gasteiger partial charge in [0.1, 0.15) is 0 Å². The van der Waals surface area contributed by atoms with Gasteiger partial charge in [0.2, 0.25) is 11.7 Å². The molecule has 1 aromatic carbocycles. The summed E-state index contributed by atoms with van der Waals surface area (Å²) in [4.78, 5) is 15.8. The molecule has 2 aliphatic rings. The van der Waals surface area contributed by atoms with E-state index in [1.54, 1.807) is 0 Å². The number of aliphatic hydroxyl groups is 1. The number of carboxylic acids is 1. The first kappa shape index (κ1) is 28.3. The zero-order valence-corrected chi connectivity index (χ0v) is 21.2. The number of ether oxygens (including phenoxy) is 1. The number of benzene rings is 1. The molecule has 2 aliphatic heterocycles. The molecule has 2 aromatic heterocycles. The minimum atomic E-state index is -5.08. The first-order valence-corrected chi connectivity index (χ1v) is 12.6. The van der Waals surface area contributed by atoms with Crippen molar-refractivity contribution in [3.05, 3.63) is 35.3 Å². The number of hydrogen-bond acceptors (Lipinski definition) is 8. The number of aliphatic hydroxyl groups excluding tert-OH is 1. The van der Waals surface area contributed by atoms with Crippen molar-refractivity contribution in [2.24, 2.45) is 5.92 Å². The number of alkyl halides is 3. The molecule has 5 rings (SSSR count). The highest BCUT2D eigenvalue weighted by Gasteiger charge is 2.38. The number of carbonyl (C=O) groups is 1. The minimum Gasteiger partial charge on any atom is -0.475 e. The van der Waals surface area contributed by atoms with E-state index in [-0.39, 0.29) is 12.6 Å². The largest absolute Gasteiger partial charge is 0.490 e. The van der Waals surface area contributed by atoms with Crippen molar-refractivity contribution < 1.29 is 37.4 Å². The van der Waals surface area contributed by atoms with E-state index in [1.807, 2.05) is 12.1 Å². The third-order valence-corrected chi connectivity index (χ3v) is 6.82. The Morgan fingerprint density at radius 3 is 2.68 bits per heavy atom. The average Bonchev–Trinajstić information content (AvgIpc) is 3.50. The fourth-order valence-corrected chi connectivity index (χ4v) is 4.91.